The van der Waals surface area contributed by atoms with Gasteiger partial charge in [0.05, 0.1) is 22.3 Å². The second-order valence-electron chi connectivity index (χ2n) is 6.14. The van der Waals surface area contributed by atoms with E-state index in [1.165, 1.54) is 28.5 Å². The van der Waals surface area contributed by atoms with Gasteiger partial charge in [-0.15, -0.1) is 0 Å². The van der Waals surface area contributed by atoms with Crippen molar-refractivity contribution in [1.82, 2.24) is 14.7 Å². The van der Waals surface area contributed by atoms with Crippen LogP contribution in [0.15, 0.2) is 69.1 Å². The van der Waals surface area contributed by atoms with Crippen LogP contribution in [0.4, 0.5) is 8.78 Å². The Bertz CT molecular complexity index is 1210. The van der Waals surface area contributed by atoms with Crippen LogP contribution in [0.3, 0.4) is 0 Å². The molecule has 0 atom stereocenters. The van der Waals surface area contributed by atoms with E-state index in [1.807, 2.05) is 12.1 Å². The molecule has 0 N–H and O–H groups in total. The zero-order valence-electron chi connectivity index (χ0n) is 15.2. The highest BCUT2D eigenvalue weighted by molar-refractivity contribution is 7.98. The predicted octanol–water partition coefficient (Wildman–Crippen LogP) is 4.58. The maximum atomic E-state index is 13.2. The standard InChI is InChI=1S/C20H15F2N3O3S/c1-12-10-13(24-28-12)11-29-20-23-17-5-3-2-4-16(17)18(26)25(20)14-6-8-15(9-7-14)27-19(21)22/h2-10,19H,11H2,1H3. The molecule has 9 heteroatoms. The van der Waals surface area contributed by atoms with Crippen LogP contribution in [0.2, 0.25) is 0 Å². The first-order chi connectivity index (χ1) is 14.0. The van der Waals surface area contributed by atoms with Crippen LogP contribution < -0.4 is 10.3 Å². The van der Waals surface area contributed by atoms with Gasteiger partial charge in [-0.3, -0.25) is 9.36 Å². The number of nitrogens with zero attached hydrogens (tertiary/aromatic N) is 3. The number of aromatic nitrogens is 3. The molecule has 0 aliphatic rings. The van der Waals surface area contributed by atoms with Crippen LogP contribution >= 0.6 is 11.8 Å². The Morgan fingerprint density at radius 2 is 1.93 bits per heavy atom. The van der Waals surface area contributed by atoms with Gasteiger partial charge in [0.1, 0.15) is 11.5 Å². The molecule has 0 aliphatic carbocycles. The number of ether oxygens (including phenoxy) is 1. The van der Waals surface area contributed by atoms with E-state index in [0.29, 0.717) is 33.3 Å². The molecule has 29 heavy (non-hydrogen) atoms. The van der Waals surface area contributed by atoms with Crippen molar-refractivity contribution in [3.05, 3.63) is 76.4 Å². The van der Waals surface area contributed by atoms with Crippen LogP contribution in [0.5, 0.6) is 5.75 Å². The lowest BCUT2D eigenvalue weighted by Gasteiger charge is -2.13. The second-order valence-corrected chi connectivity index (χ2v) is 7.08. The number of benzene rings is 2. The molecule has 2 aromatic heterocycles. The molecule has 0 unspecified atom stereocenters. The third kappa shape index (κ3) is 4.14. The van der Waals surface area contributed by atoms with Gasteiger partial charge in [0.2, 0.25) is 0 Å². The molecule has 0 amide bonds. The molecule has 4 aromatic rings. The summed E-state index contributed by atoms with van der Waals surface area (Å²) in [6, 6.07) is 14.7. The third-order valence-corrected chi connectivity index (χ3v) is 5.06. The topological polar surface area (TPSA) is 70.2 Å². The monoisotopic (exact) mass is 415 g/mol. The number of aryl methyl sites for hydroxylation is 1. The lowest BCUT2D eigenvalue weighted by atomic mass is 10.2. The molecule has 148 valence electrons. The fraction of sp³-hybridized carbons (Fsp3) is 0.150. The maximum Gasteiger partial charge on any atom is 0.387 e. The van der Waals surface area contributed by atoms with Gasteiger partial charge in [-0.2, -0.15) is 8.78 Å². The Labute approximate surface area is 168 Å². The van der Waals surface area contributed by atoms with E-state index in [4.69, 9.17) is 4.52 Å². The summed E-state index contributed by atoms with van der Waals surface area (Å²) in [5, 5.41) is 4.87. The first-order valence-electron chi connectivity index (χ1n) is 8.63. The molecule has 0 radical (unpaired) electrons. The van der Waals surface area contributed by atoms with Gasteiger partial charge in [-0.05, 0) is 43.3 Å². The van der Waals surface area contributed by atoms with Crippen LogP contribution in [-0.4, -0.2) is 21.3 Å². The molecular weight excluding hydrogens is 400 g/mol. The number of hydrogen-bond acceptors (Lipinski definition) is 6. The zero-order chi connectivity index (χ0) is 20.4. The highest BCUT2D eigenvalue weighted by Crippen LogP contribution is 2.25. The summed E-state index contributed by atoms with van der Waals surface area (Å²) >= 11 is 1.33. The maximum absolute atomic E-state index is 13.2. The Morgan fingerprint density at radius 3 is 2.62 bits per heavy atom. The van der Waals surface area contributed by atoms with Gasteiger partial charge in [0.25, 0.3) is 5.56 Å². The average Bonchev–Trinajstić information content (AvgIpc) is 3.12. The summed E-state index contributed by atoms with van der Waals surface area (Å²) in [5.41, 5.74) is 1.54. The predicted molar refractivity (Wildman–Crippen MR) is 105 cm³/mol. The van der Waals surface area contributed by atoms with E-state index in [0.717, 1.165) is 5.69 Å². The average molecular weight is 415 g/mol. The molecule has 0 aliphatic heterocycles. The number of alkyl halides is 2. The van der Waals surface area contributed by atoms with Gasteiger partial charge in [0, 0.05) is 11.8 Å². The lowest BCUT2D eigenvalue weighted by Crippen LogP contribution is -2.21. The van der Waals surface area contributed by atoms with Crippen molar-refractivity contribution in [2.24, 2.45) is 0 Å². The summed E-state index contributed by atoms with van der Waals surface area (Å²) in [5.74, 6) is 1.16. The first kappa shape index (κ1) is 19.1. The van der Waals surface area contributed by atoms with Crippen LogP contribution in [-0.2, 0) is 5.75 Å². The highest BCUT2D eigenvalue weighted by Gasteiger charge is 2.15. The molecule has 0 saturated carbocycles. The van der Waals surface area contributed by atoms with Gasteiger partial charge >= 0.3 is 6.61 Å². The summed E-state index contributed by atoms with van der Waals surface area (Å²) < 4.78 is 35.7. The van der Waals surface area contributed by atoms with Crippen molar-refractivity contribution >= 4 is 22.7 Å². The van der Waals surface area contributed by atoms with Crippen molar-refractivity contribution in [2.75, 3.05) is 0 Å². The number of halogens is 2. The van der Waals surface area contributed by atoms with Gasteiger partial charge < -0.3 is 9.26 Å². The fourth-order valence-corrected chi connectivity index (χ4v) is 3.73. The van der Waals surface area contributed by atoms with Crippen LogP contribution in [0.25, 0.3) is 16.6 Å². The Kier molecular flexibility index (Phi) is 5.30. The summed E-state index contributed by atoms with van der Waals surface area (Å²) in [7, 11) is 0. The van der Waals surface area contributed by atoms with E-state index in [2.05, 4.69) is 14.9 Å². The minimum atomic E-state index is -2.91. The van der Waals surface area contributed by atoms with Crippen LogP contribution in [0.1, 0.15) is 11.5 Å². The molecular formula is C20H15F2N3O3S. The molecule has 0 bridgehead atoms. The van der Waals surface area contributed by atoms with Gasteiger partial charge in [-0.25, -0.2) is 4.98 Å². The van der Waals surface area contributed by atoms with Crippen molar-refractivity contribution in [2.45, 2.75) is 24.4 Å². The highest BCUT2D eigenvalue weighted by atomic mass is 32.2. The van der Waals surface area contributed by atoms with E-state index in [1.54, 1.807) is 37.3 Å². The number of fused-ring (bicyclic) bond motifs is 1. The zero-order valence-corrected chi connectivity index (χ0v) is 16.0. The van der Waals surface area contributed by atoms with Crippen molar-refractivity contribution in [1.29, 1.82) is 0 Å². The number of thioether (sulfide) groups is 1. The van der Waals surface area contributed by atoms with E-state index >= 15 is 0 Å². The molecule has 2 aromatic carbocycles. The molecule has 6 nitrogen and oxygen atoms in total. The number of rotatable bonds is 6. The smallest absolute Gasteiger partial charge is 0.387 e. The van der Waals surface area contributed by atoms with Crippen molar-refractivity contribution < 1.29 is 18.0 Å². The third-order valence-electron chi connectivity index (χ3n) is 4.09. The quantitative estimate of drug-likeness (QED) is 0.339. The van der Waals surface area contributed by atoms with Gasteiger partial charge in [0.15, 0.2) is 5.16 Å². The SMILES string of the molecule is Cc1cc(CSc2nc3ccccc3c(=O)n2-c2ccc(OC(F)F)cc2)no1. The second kappa shape index (κ2) is 8.04. The van der Waals surface area contributed by atoms with E-state index in [9.17, 15) is 13.6 Å². The van der Waals surface area contributed by atoms with Crippen molar-refractivity contribution in [3.8, 4) is 11.4 Å². The summed E-state index contributed by atoms with van der Waals surface area (Å²) in [4.78, 5) is 17.8. The molecule has 0 fully saturated rings. The summed E-state index contributed by atoms with van der Waals surface area (Å²) in [6.07, 6.45) is 0. The van der Waals surface area contributed by atoms with Crippen LogP contribution in [0, 0.1) is 6.92 Å². The first-order valence-corrected chi connectivity index (χ1v) is 9.62. The Hall–Kier alpha value is -3.20. The van der Waals surface area contributed by atoms with Gasteiger partial charge in [-0.1, -0.05) is 29.1 Å². The Morgan fingerprint density at radius 1 is 1.17 bits per heavy atom. The fourth-order valence-electron chi connectivity index (χ4n) is 2.84. The molecule has 2 heterocycles. The Balaban J connectivity index is 1.77. The largest absolute Gasteiger partial charge is 0.435 e. The van der Waals surface area contributed by atoms with E-state index in [-0.39, 0.29) is 11.3 Å². The normalized spacial score (nSPS) is 11.3. The van der Waals surface area contributed by atoms with Crippen molar-refractivity contribution in [3.63, 3.8) is 0 Å². The van der Waals surface area contributed by atoms with E-state index < -0.39 is 6.61 Å². The lowest BCUT2D eigenvalue weighted by molar-refractivity contribution is -0.0498. The molecule has 0 spiro atoms. The number of para-hydroxylation sites is 1. The molecule has 4 rings (SSSR count). The molecule has 0 saturated heterocycles. The minimum Gasteiger partial charge on any atom is -0.435 e. The summed E-state index contributed by atoms with van der Waals surface area (Å²) in [6.45, 7) is -1.11. The number of hydrogen-bond donors (Lipinski definition) is 0. The minimum absolute atomic E-state index is 0.0119.